The van der Waals surface area contributed by atoms with Gasteiger partial charge in [-0.15, -0.1) is 0 Å². The summed E-state index contributed by atoms with van der Waals surface area (Å²) in [6.07, 6.45) is 0. The van der Waals surface area contributed by atoms with Crippen LogP contribution in [0.4, 0.5) is 0 Å². The van der Waals surface area contributed by atoms with Gasteiger partial charge in [-0.05, 0) is 106 Å². The topological polar surface area (TPSA) is 0 Å². The van der Waals surface area contributed by atoms with Gasteiger partial charge in [0.05, 0.1) is 0 Å². The Bertz CT molecular complexity index is 2560. The molecule has 0 amide bonds. The molecule has 0 aliphatic rings. The number of fused-ring (bicyclic) bond motifs is 4. The fourth-order valence-electron chi connectivity index (χ4n) is 7.15. The van der Waals surface area contributed by atoms with Gasteiger partial charge in [-0.2, -0.15) is 0 Å². The summed E-state index contributed by atoms with van der Waals surface area (Å²) in [5.41, 5.74) is 9.94. The molecule has 0 nitrogen and oxygen atoms in total. The highest BCUT2D eigenvalue weighted by Crippen LogP contribution is 2.45. The Morgan fingerprint density at radius 3 is 1.22 bits per heavy atom. The van der Waals surface area contributed by atoms with Crippen molar-refractivity contribution in [3.8, 4) is 44.5 Å². The van der Waals surface area contributed by atoms with Gasteiger partial charge in [0.25, 0.3) is 0 Å². The van der Waals surface area contributed by atoms with Crippen LogP contribution in [0.1, 0.15) is 0 Å². The van der Waals surface area contributed by atoms with Gasteiger partial charge in [-0.1, -0.05) is 164 Å². The highest BCUT2D eigenvalue weighted by molar-refractivity contribution is 6.22. The maximum Gasteiger partial charge on any atom is -0.00262 e. The average Bonchev–Trinajstić information content (AvgIpc) is 3.13. The van der Waals surface area contributed by atoms with Crippen LogP contribution in [0.3, 0.4) is 0 Å². The van der Waals surface area contributed by atoms with Gasteiger partial charge in [-0.3, -0.25) is 0 Å². The zero-order valence-electron chi connectivity index (χ0n) is 25.3. The minimum atomic E-state index is 1.22. The Morgan fingerprint density at radius 1 is 0.196 bits per heavy atom. The Hall–Kier alpha value is -5.98. The first-order valence-electron chi connectivity index (χ1n) is 15.9. The van der Waals surface area contributed by atoms with Gasteiger partial charge < -0.3 is 0 Å². The van der Waals surface area contributed by atoms with E-state index in [2.05, 4.69) is 182 Å². The van der Waals surface area contributed by atoms with Crippen molar-refractivity contribution in [2.75, 3.05) is 0 Å². The largest absolute Gasteiger partial charge is 0.0622 e. The standard InChI is InChI=1S/C46H30/c1-2-12-34(13-3-1)46-42-17-9-8-16-41(42)45(35-22-18-33(19-23-35)38-24-20-31-10-4-6-14-36(31)28-38)43-27-26-40(30-44(43)46)39-25-21-32-11-5-7-15-37(32)29-39/h1-30H. The summed E-state index contributed by atoms with van der Waals surface area (Å²) in [6, 6.07) is 66.6. The first-order chi connectivity index (χ1) is 22.8. The predicted octanol–water partition coefficient (Wildman–Crippen LogP) is 13.0. The van der Waals surface area contributed by atoms with E-state index < -0.39 is 0 Å². The molecule has 0 saturated heterocycles. The second-order valence-electron chi connectivity index (χ2n) is 12.1. The summed E-state index contributed by atoms with van der Waals surface area (Å²) < 4.78 is 0. The monoisotopic (exact) mass is 582 g/mol. The predicted molar refractivity (Wildman–Crippen MR) is 198 cm³/mol. The molecule has 46 heavy (non-hydrogen) atoms. The van der Waals surface area contributed by atoms with Crippen molar-refractivity contribution in [1.29, 1.82) is 0 Å². The zero-order valence-corrected chi connectivity index (χ0v) is 25.3. The van der Waals surface area contributed by atoms with Crippen LogP contribution < -0.4 is 0 Å². The molecule has 0 atom stereocenters. The molecule has 0 aliphatic carbocycles. The average molecular weight is 583 g/mol. The van der Waals surface area contributed by atoms with E-state index in [0.29, 0.717) is 0 Å². The molecule has 0 radical (unpaired) electrons. The van der Waals surface area contributed by atoms with E-state index in [0.717, 1.165) is 0 Å². The molecule has 9 aromatic carbocycles. The lowest BCUT2D eigenvalue weighted by Crippen LogP contribution is -1.92. The van der Waals surface area contributed by atoms with Gasteiger partial charge in [0.2, 0.25) is 0 Å². The van der Waals surface area contributed by atoms with Crippen molar-refractivity contribution in [2.45, 2.75) is 0 Å². The van der Waals surface area contributed by atoms with Crippen LogP contribution in [0.2, 0.25) is 0 Å². The van der Waals surface area contributed by atoms with Gasteiger partial charge in [0, 0.05) is 0 Å². The molecule has 0 bridgehead atoms. The minimum Gasteiger partial charge on any atom is -0.0622 e. The summed E-state index contributed by atoms with van der Waals surface area (Å²) in [6.45, 7) is 0. The van der Waals surface area contributed by atoms with E-state index in [1.54, 1.807) is 0 Å². The lowest BCUT2D eigenvalue weighted by molar-refractivity contribution is 1.62. The van der Waals surface area contributed by atoms with Crippen LogP contribution in [-0.2, 0) is 0 Å². The third kappa shape index (κ3) is 4.47. The van der Waals surface area contributed by atoms with Crippen LogP contribution in [-0.4, -0.2) is 0 Å². The van der Waals surface area contributed by atoms with Crippen LogP contribution in [0.15, 0.2) is 182 Å². The van der Waals surface area contributed by atoms with Crippen molar-refractivity contribution in [3.63, 3.8) is 0 Å². The van der Waals surface area contributed by atoms with Gasteiger partial charge in [-0.25, -0.2) is 0 Å². The van der Waals surface area contributed by atoms with E-state index in [1.165, 1.54) is 87.6 Å². The first kappa shape index (κ1) is 26.4. The third-order valence-corrected chi connectivity index (χ3v) is 9.43. The van der Waals surface area contributed by atoms with Crippen LogP contribution in [0, 0.1) is 0 Å². The summed E-state index contributed by atoms with van der Waals surface area (Å²) in [4.78, 5) is 0. The van der Waals surface area contributed by atoms with Crippen molar-refractivity contribution < 1.29 is 0 Å². The van der Waals surface area contributed by atoms with Gasteiger partial charge in [0.1, 0.15) is 0 Å². The Labute approximate surface area is 268 Å². The highest BCUT2D eigenvalue weighted by atomic mass is 14.2. The van der Waals surface area contributed by atoms with Crippen LogP contribution in [0.25, 0.3) is 87.6 Å². The molecular weight excluding hydrogens is 553 g/mol. The summed E-state index contributed by atoms with van der Waals surface area (Å²) >= 11 is 0. The van der Waals surface area contributed by atoms with E-state index in [9.17, 15) is 0 Å². The normalized spacial score (nSPS) is 11.5. The first-order valence-corrected chi connectivity index (χ1v) is 15.9. The quantitative estimate of drug-likeness (QED) is 0.181. The summed E-state index contributed by atoms with van der Waals surface area (Å²) in [7, 11) is 0. The van der Waals surface area contributed by atoms with Gasteiger partial charge >= 0.3 is 0 Å². The van der Waals surface area contributed by atoms with E-state index in [4.69, 9.17) is 0 Å². The molecular formula is C46H30. The molecule has 9 rings (SSSR count). The smallest absolute Gasteiger partial charge is 0.00262 e. The zero-order chi connectivity index (χ0) is 30.5. The molecule has 0 aliphatic heterocycles. The number of benzene rings is 9. The summed E-state index contributed by atoms with van der Waals surface area (Å²) in [5, 5.41) is 10.1. The van der Waals surface area contributed by atoms with E-state index in [-0.39, 0.29) is 0 Å². The summed E-state index contributed by atoms with van der Waals surface area (Å²) in [5.74, 6) is 0. The van der Waals surface area contributed by atoms with Crippen molar-refractivity contribution in [2.24, 2.45) is 0 Å². The number of hydrogen-bond donors (Lipinski definition) is 0. The fraction of sp³-hybridized carbons (Fsp3) is 0. The molecule has 0 saturated carbocycles. The maximum absolute atomic E-state index is 2.40. The van der Waals surface area contributed by atoms with Gasteiger partial charge in [0.15, 0.2) is 0 Å². The number of hydrogen-bond acceptors (Lipinski definition) is 0. The van der Waals surface area contributed by atoms with Crippen LogP contribution in [0.5, 0.6) is 0 Å². The lowest BCUT2D eigenvalue weighted by atomic mass is 9.84. The molecule has 0 N–H and O–H groups in total. The molecule has 9 aromatic rings. The second kappa shape index (κ2) is 10.9. The maximum atomic E-state index is 2.40. The highest BCUT2D eigenvalue weighted by Gasteiger charge is 2.17. The number of rotatable bonds is 4. The molecule has 0 fully saturated rings. The van der Waals surface area contributed by atoms with Crippen molar-refractivity contribution in [1.82, 2.24) is 0 Å². The molecule has 0 heteroatoms. The molecule has 214 valence electrons. The van der Waals surface area contributed by atoms with Crippen LogP contribution >= 0.6 is 0 Å². The molecule has 0 aromatic heterocycles. The fourth-order valence-corrected chi connectivity index (χ4v) is 7.15. The van der Waals surface area contributed by atoms with E-state index in [1.807, 2.05) is 0 Å². The van der Waals surface area contributed by atoms with E-state index >= 15 is 0 Å². The second-order valence-corrected chi connectivity index (χ2v) is 12.1. The SMILES string of the molecule is c1ccc(-c2c3ccccc3c(-c3ccc(-c4ccc5ccccc5c4)cc3)c3ccc(-c4ccc5ccccc5c4)cc23)cc1. The molecule has 0 heterocycles. The lowest BCUT2D eigenvalue weighted by Gasteiger charge is -2.19. The van der Waals surface area contributed by atoms with Crippen molar-refractivity contribution in [3.05, 3.63) is 182 Å². The Morgan fingerprint density at radius 2 is 0.587 bits per heavy atom. The molecule has 0 unspecified atom stereocenters. The molecule has 0 spiro atoms. The minimum absolute atomic E-state index is 1.22. The Balaban J connectivity index is 1.27. The Kier molecular flexibility index (Phi) is 6.25. The van der Waals surface area contributed by atoms with Crippen molar-refractivity contribution >= 4 is 43.1 Å². The third-order valence-electron chi connectivity index (χ3n) is 9.43.